The number of carbonyl (C=O) groups is 2. The molecule has 0 spiro atoms. The molecule has 2 rings (SSSR count). The van der Waals surface area contributed by atoms with Crippen LogP contribution >= 0.6 is 0 Å². The molecule has 0 unspecified atom stereocenters. The minimum atomic E-state index is -0.889. The SMILES string of the molecule is COCC1CCN(C(=O)N2CCC[C@@H]2C(=O)O)CC1. The summed E-state index contributed by atoms with van der Waals surface area (Å²) < 4.78 is 5.13. The number of carbonyl (C=O) groups excluding carboxylic acids is 1. The third-order valence-corrected chi connectivity index (χ3v) is 4.07. The van der Waals surface area contributed by atoms with Gasteiger partial charge in [0.05, 0.1) is 0 Å². The normalized spacial score (nSPS) is 24.8. The first-order chi connectivity index (χ1) is 9.13. The Bertz CT molecular complexity index is 340. The Morgan fingerprint density at radius 3 is 2.47 bits per heavy atom. The van der Waals surface area contributed by atoms with Crippen molar-refractivity contribution in [3.63, 3.8) is 0 Å². The number of carboxylic acids is 1. The molecular weight excluding hydrogens is 248 g/mol. The van der Waals surface area contributed by atoms with Gasteiger partial charge in [-0.3, -0.25) is 0 Å². The smallest absolute Gasteiger partial charge is 0.326 e. The maximum atomic E-state index is 12.3. The van der Waals surface area contributed by atoms with Crippen LogP contribution in [-0.4, -0.2) is 66.3 Å². The number of aliphatic carboxylic acids is 1. The Morgan fingerprint density at radius 1 is 1.21 bits per heavy atom. The van der Waals surface area contributed by atoms with Crippen LogP contribution in [-0.2, 0) is 9.53 Å². The minimum absolute atomic E-state index is 0.110. The van der Waals surface area contributed by atoms with Gasteiger partial charge in [0.2, 0.25) is 0 Å². The zero-order valence-electron chi connectivity index (χ0n) is 11.4. The number of carboxylic acid groups (broad SMARTS) is 1. The highest BCUT2D eigenvalue weighted by Gasteiger charge is 2.37. The van der Waals surface area contributed by atoms with Crippen molar-refractivity contribution in [2.45, 2.75) is 31.7 Å². The van der Waals surface area contributed by atoms with Crippen molar-refractivity contribution in [2.75, 3.05) is 33.4 Å². The van der Waals surface area contributed by atoms with E-state index in [-0.39, 0.29) is 6.03 Å². The van der Waals surface area contributed by atoms with E-state index in [1.165, 1.54) is 4.90 Å². The number of likely N-dealkylation sites (tertiary alicyclic amines) is 2. The van der Waals surface area contributed by atoms with E-state index in [0.29, 0.717) is 32.0 Å². The maximum absolute atomic E-state index is 12.3. The second-order valence-corrected chi connectivity index (χ2v) is 5.36. The summed E-state index contributed by atoms with van der Waals surface area (Å²) in [5.74, 6) is -0.372. The molecule has 19 heavy (non-hydrogen) atoms. The van der Waals surface area contributed by atoms with E-state index in [2.05, 4.69) is 0 Å². The molecule has 0 aromatic heterocycles. The standard InChI is InChI=1S/C13H22N2O4/c1-19-9-10-4-7-14(8-5-10)13(18)15-6-2-3-11(15)12(16)17/h10-11H,2-9H2,1H3,(H,16,17)/t11-/m1/s1. The lowest BCUT2D eigenvalue weighted by Crippen LogP contribution is -2.50. The Kier molecular flexibility index (Phi) is 4.63. The van der Waals surface area contributed by atoms with Crippen molar-refractivity contribution in [3.05, 3.63) is 0 Å². The van der Waals surface area contributed by atoms with Crippen molar-refractivity contribution in [1.82, 2.24) is 9.80 Å². The van der Waals surface area contributed by atoms with E-state index < -0.39 is 12.0 Å². The molecule has 2 saturated heterocycles. The van der Waals surface area contributed by atoms with E-state index in [1.54, 1.807) is 12.0 Å². The third kappa shape index (κ3) is 3.18. The highest BCUT2D eigenvalue weighted by molar-refractivity contribution is 5.83. The average molecular weight is 270 g/mol. The quantitative estimate of drug-likeness (QED) is 0.831. The van der Waals surface area contributed by atoms with Crippen molar-refractivity contribution in [1.29, 1.82) is 0 Å². The Hall–Kier alpha value is -1.30. The van der Waals surface area contributed by atoms with Gasteiger partial charge in [0, 0.05) is 33.4 Å². The lowest BCUT2D eigenvalue weighted by Gasteiger charge is -2.35. The number of hydrogen-bond acceptors (Lipinski definition) is 3. The van der Waals surface area contributed by atoms with Crippen LogP contribution in [0, 0.1) is 5.92 Å². The highest BCUT2D eigenvalue weighted by Crippen LogP contribution is 2.23. The van der Waals surface area contributed by atoms with Crippen molar-refractivity contribution < 1.29 is 19.4 Å². The predicted molar refractivity (Wildman–Crippen MR) is 68.9 cm³/mol. The summed E-state index contributed by atoms with van der Waals surface area (Å²) in [5.41, 5.74) is 0. The lowest BCUT2D eigenvalue weighted by atomic mass is 9.98. The van der Waals surface area contributed by atoms with Gasteiger partial charge in [-0.1, -0.05) is 0 Å². The second-order valence-electron chi connectivity index (χ2n) is 5.36. The first-order valence-corrected chi connectivity index (χ1v) is 6.90. The van der Waals surface area contributed by atoms with Crippen LogP contribution in [0.15, 0.2) is 0 Å². The number of hydrogen-bond donors (Lipinski definition) is 1. The Balaban J connectivity index is 1.89. The number of nitrogens with zero attached hydrogens (tertiary/aromatic N) is 2. The second kappa shape index (κ2) is 6.23. The topological polar surface area (TPSA) is 70.1 Å². The molecule has 108 valence electrons. The summed E-state index contributed by atoms with van der Waals surface area (Å²) in [6.07, 6.45) is 3.22. The average Bonchev–Trinajstić information content (AvgIpc) is 2.88. The predicted octanol–water partition coefficient (Wildman–Crippen LogP) is 1.01. The van der Waals surface area contributed by atoms with Crippen LogP contribution < -0.4 is 0 Å². The molecule has 2 amide bonds. The minimum Gasteiger partial charge on any atom is -0.480 e. The van der Waals surface area contributed by atoms with Gasteiger partial charge in [-0.15, -0.1) is 0 Å². The molecule has 6 nitrogen and oxygen atoms in total. The van der Waals surface area contributed by atoms with E-state index >= 15 is 0 Å². The first kappa shape index (κ1) is 14.1. The molecule has 0 saturated carbocycles. The van der Waals surface area contributed by atoms with Gasteiger partial charge in [0.15, 0.2) is 0 Å². The first-order valence-electron chi connectivity index (χ1n) is 6.90. The fourth-order valence-corrected chi connectivity index (χ4v) is 2.96. The summed E-state index contributed by atoms with van der Waals surface area (Å²) in [5, 5.41) is 9.11. The molecule has 0 aliphatic carbocycles. The van der Waals surface area contributed by atoms with Crippen molar-refractivity contribution in [3.8, 4) is 0 Å². The number of urea groups is 1. The van der Waals surface area contributed by atoms with Crippen LogP contribution in [0.1, 0.15) is 25.7 Å². The van der Waals surface area contributed by atoms with E-state index in [1.807, 2.05) is 0 Å². The summed E-state index contributed by atoms with van der Waals surface area (Å²) in [4.78, 5) is 26.7. The number of methoxy groups -OCH3 is 1. The van der Waals surface area contributed by atoms with E-state index in [4.69, 9.17) is 9.84 Å². The number of piperidine rings is 1. The molecular formula is C13H22N2O4. The monoisotopic (exact) mass is 270 g/mol. The van der Waals surface area contributed by atoms with Crippen LogP contribution in [0.5, 0.6) is 0 Å². The molecule has 0 radical (unpaired) electrons. The number of rotatable bonds is 3. The van der Waals surface area contributed by atoms with Gasteiger partial charge in [0.25, 0.3) is 0 Å². The number of ether oxygens (including phenoxy) is 1. The molecule has 0 aromatic carbocycles. The van der Waals surface area contributed by atoms with Gasteiger partial charge in [-0.05, 0) is 31.6 Å². The van der Waals surface area contributed by atoms with Crippen LogP contribution in [0.2, 0.25) is 0 Å². The van der Waals surface area contributed by atoms with Crippen molar-refractivity contribution >= 4 is 12.0 Å². The van der Waals surface area contributed by atoms with E-state index in [0.717, 1.165) is 25.9 Å². The molecule has 0 aromatic rings. The molecule has 2 aliphatic heterocycles. The largest absolute Gasteiger partial charge is 0.480 e. The van der Waals surface area contributed by atoms with Crippen LogP contribution in [0.4, 0.5) is 4.79 Å². The molecule has 6 heteroatoms. The van der Waals surface area contributed by atoms with Gasteiger partial charge in [-0.25, -0.2) is 9.59 Å². The lowest BCUT2D eigenvalue weighted by molar-refractivity contribution is -0.141. The number of amides is 2. The summed E-state index contributed by atoms with van der Waals surface area (Å²) in [7, 11) is 1.69. The van der Waals surface area contributed by atoms with Gasteiger partial charge in [0.1, 0.15) is 6.04 Å². The fraction of sp³-hybridized carbons (Fsp3) is 0.846. The molecule has 1 atom stereocenters. The van der Waals surface area contributed by atoms with Gasteiger partial charge >= 0.3 is 12.0 Å². The third-order valence-electron chi connectivity index (χ3n) is 4.07. The summed E-state index contributed by atoms with van der Waals surface area (Å²) >= 11 is 0. The summed E-state index contributed by atoms with van der Waals surface area (Å²) in [6.45, 7) is 2.71. The van der Waals surface area contributed by atoms with Crippen molar-refractivity contribution in [2.24, 2.45) is 5.92 Å². The Labute approximate surface area is 113 Å². The molecule has 1 N–H and O–H groups in total. The van der Waals surface area contributed by atoms with Crippen LogP contribution in [0.25, 0.3) is 0 Å². The summed E-state index contributed by atoms with van der Waals surface area (Å²) in [6, 6.07) is -0.745. The van der Waals surface area contributed by atoms with Crippen LogP contribution in [0.3, 0.4) is 0 Å². The maximum Gasteiger partial charge on any atom is 0.326 e. The van der Waals surface area contributed by atoms with E-state index in [9.17, 15) is 9.59 Å². The zero-order valence-corrected chi connectivity index (χ0v) is 11.4. The van der Waals surface area contributed by atoms with Gasteiger partial charge < -0.3 is 19.6 Å². The fourth-order valence-electron chi connectivity index (χ4n) is 2.96. The molecule has 0 bridgehead atoms. The molecule has 2 heterocycles. The Morgan fingerprint density at radius 2 is 1.89 bits per heavy atom. The highest BCUT2D eigenvalue weighted by atomic mass is 16.5. The zero-order chi connectivity index (χ0) is 13.8. The molecule has 2 aliphatic rings. The molecule has 2 fully saturated rings. The van der Waals surface area contributed by atoms with Gasteiger partial charge in [-0.2, -0.15) is 0 Å².